The summed E-state index contributed by atoms with van der Waals surface area (Å²) in [4.78, 5) is 12.5. The highest BCUT2D eigenvalue weighted by Gasteiger charge is 2.09. The van der Waals surface area contributed by atoms with E-state index in [0.717, 1.165) is 4.88 Å². The first-order valence-corrected chi connectivity index (χ1v) is 6.04. The molecule has 1 atom stereocenters. The molecule has 1 aromatic rings. The highest BCUT2D eigenvalue weighted by Crippen LogP contribution is 2.13. The topological polar surface area (TPSA) is 58.6 Å². The van der Waals surface area contributed by atoms with Gasteiger partial charge in [0.25, 0.3) is 5.91 Å². The fourth-order valence-corrected chi connectivity index (χ4v) is 1.82. The number of methoxy groups -OCH3 is 1. The minimum Gasteiger partial charge on any atom is -0.384 e. The van der Waals surface area contributed by atoms with E-state index in [-0.39, 0.29) is 18.6 Å². The molecule has 1 rings (SSSR count). The number of carbonyl (C=O) groups excluding carboxylic acids is 1. The Morgan fingerprint density at radius 3 is 3.12 bits per heavy atom. The van der Waals surface area contributed by atoms with Gasteiger partial charge < -0.3 is 15.2 Å². The van der Waals surface area contributed by atoms with E-state index in [0.29, 0.717) is 12.1 Å². The largest absolute Gasteiger partial charge is 0.384 e. The van der Waals surface area contributed by atoms with Crippen molar-refractivity contribution in [1.82, 2.24) is 5.32 Å². The maximum atomic E-state index is 11.7. The summed E-state index contributed by atoms with van der Waals surface area (Å²) in [6, 6.07) is 1.71. The maximum absolute atomic E-state index is 11.7. The summed E-state index contributed by atoms with van der Waals surface area (Å²) in [5, 5.41) is 13.1. The minimum atomic E-state index is -0.176. The van der Waals surface area contributed by atoms with Crippen LogP contribution in [0, 0.1) is 11.8 Å². The Balaban J connectivity index is 2.55. The molecule has 5 heteroatoms. The van der Waals surface area contributed by atoms with E-state index in [1.54, 1.807) is 18.6 Å². The van der Waals surface area contributed by atoms with E-state index < -0.39 is 0 Å². The highest BCUT2D eigenvalue weighted by molar-refractivity contribution is 7.10. The molecule has 0 aliphatic carbocycles. The van der Waals surface area contributed by atoms with Crippen LogP contribution in [0.5, 0.6) is 0 Å². The Morgan fingerprint density at radius 2 is 2.47 bits per heavy atom. The van der Waals surface area contributed by atoms with E-state index in [2.05, 4.69) is 17.2 Å². The number of carbonyl (C=O) groups is 1. The number of thiophene rings is 1. The fraction of sp³-hybridized carbons (Fsp3) is 0.417. The van der Waals surface area contributed by atoms with E-state index >= 15 is 0 Å². The van der Waals surface area contributed by atoms with Crippen LogP contribution in [0.25, 0.3) is 0 Å². The Morgan fingerprint density at radius 1 is 1.71 bits per heavy atom. The first-order chi connectivity index (χ1) is 8.17. The van der Waals surface area contributed by atoms with Gasteiger partial charge in [-0.1, -0.05) is 11.8 Å². The Kier molecular flexibility index (Phi) is 5.70. The predicted octanol–water partition coefficient (Wildman–Crippen LogP) is 0.857. The number of hydrogen-bond acceptors (Lipinski definition) is 4. The molecule has 4 nitrogen and oxygen atoms in total. The summed E-state index contributed by atoms with van der Waals surface area (Å²) in [7, 11) is 1.60. The molecule has 0 fully saturated rings. The van der Waals surface area contributed by atoms with Crippen molar-refractivity contribution in [3.05, 3.63) is 21.9 Å². The predicted molar refractivity (Wildman–Crippen MR) is 67.1 cm³/mol. The van der Waals surface area contributed by atoms with Crippen LogP contribution in [-0.4, -0.2) is 37.4 Å². The zero-order valence-electron chi connectivity index (χ0n) is 9.82. The van der Waals surface area contributed by atoms with Gasteiger partial charge in [-0.25, -0.2) is 0 Å². The van der Waals surface area contributed by atoms with Gasteiger partial charge in [0.2, 0.25) is 0 Å². The summed E-state index contributed by atoms with van der Waals surface area (Å²) in [5.74, 6) is 5.16. The van der Waals surface area contributed by atoms with Crippen LogP contribution in [0.4, 0.5) is 0 Å². The second-order valence-electron chi connectivity index (χ2n) is 3.42. The number of hydrogen-bond donors (Lipinski definition) is 2. The van der Waals surface area contributed by atoms with Crippen LogP contribution in [0.3, 0.4) is 0 Å². The zero-order chi connectivity index (χ0) is 12.7. The molecule has 17 heavy (non-hydrogen) atoms. The summed E-state index contributed by atoms with van der Waals surface area (Å²) in [6.45, 7) is 2.18. The maximum Gasteiger partial charge on any atom is 0.252 e. The van der Waals surface area contributed by atoms with Gasteiger partial charge in [-0.2, -0.15) is 0 Å². The lowest BCUT2D eigenvalue weighted by Gasteiger charge is -2.09. The molecular formula is C12H15NO3S. The van der Waals surface area contributed by atoms with E-state index in [1.807, 2.05) is 6.92 Å². The average molecular weight is 253 g/mol. The molecular weight excluding hydrogens is 238 g/mol. The monoisotopic (exact) mass is 253 g/mol. The smallest absolute Gasteiger partial charge is 0.252 e. The quantitative estimate of drug-likeness (QED) is 0.782. The van der Waals surface area contributed by atoms with E-state index in [9.17, 15) is 4.79 Å². The summed E-state index contributed by atoms with van der Waals surface area (Å²) < 4.78 is 5.03. The molecule has 0 spiro atoms. The molecule has 1 unspecified atom stereocenters. The molecule has 0 aliphatic rings. The molecule has 2 N–H and O–H groups in total. The normalized spacial score (nSPS) is 11.5. The molecule has 0 radical (unpaired) electrons. The van der Waals surface area contributed by atoms with Crippen LogP contribution < -0.4 is 5.32 Å². The van der Waals surface area contributed by atoms with Crippen LogP contribution in [-0.2, 0) is 4.74 Å². The van der Waals surface area contributed by atoms with Gasteiger partial charge >= 0.3 is 0 Å². The highest BCUT2D eigenvalue weighted by atomic mass is 32.1. The lowest BCUT2D eigenvalue weighted by Crippen LogP contribution is -2.31. The molecule has 0 aromatic carbocycles. The van der Waals surface area contributed by atoms with Gasteiger partial charge in [0.15, 0.2) is 0 Å². The van der Waals surface area contributed by atoms with Crippen LogP contribution >= 0.6 is 11.3 Å². The van der Waals surface area contributed by atoms with Gasteiger partial charge in [-0.15, -0.1) is 11.3 Å². The lowest BCUT2D eigenvalue weighted by atomic mass is 10.3. The van der Waals surface area contributed by atoms with E-state index in [1.165, 1.54) is 11.3 Å². The molecule has 1 aromatic heterocycles. The molecule has 0 aliphatic heterocycles. The number of aliphatic hydroxyl groups is 1. The van der Waals surface area contributed by atoms with Crippen molar-refractivity contribution in [2.24, 2.45) is 0 Å². The number of aliphatic hydroxyl groups excluding tert-OH is 1. The van der Waals surface area contributed by atoms with Crippen molar-refractivity contribution >= 4 is 17.2 Å². The third kappa shape index (κ3) is 4.57. The van der Waals surface area contributed by atoms with Crippen LogP contribution in [0.15, 0.2) is 11.4 Å². The fourth-order valence-electron chi connectivity index (χ4n) is 1.07. The molecule has 1 heterocycles. The van der Waals surface area contributed by atoms with Crippen molar-refractivity contribution in [3.8, 4) is 11.8 Å². The van der Waals surface area contributed by atoms with Crippen molar-refractivity contribution < 1.29 is 14.6 Å². The lowest BCUT2D eigenvalue weighted by molar-refractivity contribution is 0.0871. The summed E-state index contributed by atoms with van der Waals surface area (Å²) in [5.41, 5.74) is 0.584. The second-order valence-corrected chi connectivity index (χ2v) is 4.33. The summed E-state index contributed by atoms with van der Waals surface area (Å²) in [6.07, 6.45) is -0.00811. The van der Waals surface area contributed by atoms with Gasteiger partial charge in [0, 0.05) is 19.0 Å². The number of nitrogens with one attached hydrogen (secondary N) is 1. The first kappa shape index (κ1) is 13.7. The van der Waals surface area contributed by atoms with Crippen LogP contribution in [0.1, 0.15) is 22.2 Å². The standard InChI is InChI=1S/C12H15NO3S/c1-9(16-2)7-13-12(15)10-6-11(17-8-10)4-3-5-14/h6,8-9,14H,5,7H2,1-2H3,(H,13,15). The van der Waals surface area contributed by atoms with Crippen molar-refractivity contribution in [1.29, 1.82) is 0 Å². The number of ether oxygens (including phenoxy) is 1. The second kappa shape index (κ2) is 7.07. The molecule has 92 valence electrons. The van der Waals surface area contributed by atoms with Gasteiger partial charge in [0.05, 0.1) is 16.5 Å². The zero-order valence-corrected chi connectivity index (χ0v) is 10.6. The number of amides is 1. The molecule has 0 bridgehead atoms. The third-order valence-electron chi connectivity index (χ3n) is 2.10. The Hall–Kier alpha value is -1.35. The van der Waals surface area contributed by atoms with Crippen molar-refractivity contribution in [2.45, 2.75) is 13.0 Å². The SMILES string of the molecule is COC(C)CNC(=O)c1csc(C#CCO)c1. The molecule has 1 amide bonds. The van der Waals surface area contributed by atoms with Gasteiger partial charge in [-0.3, -0.25) is 4.79 Å². The van der Waals surface area contributed by atoms with Gasteiger partial charge in [0.1, 0.15) is 6.61 Å². The van der Waals surface area contributed by atoms with Crippen LogP contribution in [0.2, 0.25) is 0 Å². The first-order valence-electron chi connectivity index (χ1n) is 5.16. The summed E-state index contributed by atoms with van der Waals surface area (Å²) >= 11 is 1.38. The van der Waals surface area contributed by atoms with Crippen molar-refractivity contribution in [2.75, 3.05) is 20.3 Å². The van der Waals surface area contributed by atoms with E-state index in [4.69, 9.17) is 9.84 Å². The average Bonchev–Trinajstić information content (AvgIpc) is 2.81. The number of rotatable bonds is 4. The van der Waals surface area contributed by atoms with Gasteiger partial charge in [-0.05, 0) is 13.0 Å². The molecule has 0 saturated carbocycles. The van der Waals surface area contributed by atoms with Crippen molar-refractivity contribution in [3.63, 3.8) is 0 Å². The minimum absolute atomic E-state index is 0.00811. The molecule has 0 saturated heterocycles. The third-order valence-corrected chi connectivity index (χ3v) is 2.95. The Labute approximate surface area is 105 Å². The Bertz CT molecular complexity index is 430.